The van der Waals surface area contributed by atoms with Crippen LogP contribution >= 0.6 is 0 Å². The van der Waals surface area contributed by atoms with E-state index in [0.717, 1.165) is 16.5 Å². The molecule has 0 radical (unpaired) electrons. The molecule has 0 aliphatic heterocycles. The van der Waals surface area contributed by atoms with Gasteiger partial charge in [-0.1, -0.05) is 36.4 Å². The lowest BCUT2D eigenvalue weighted by Crippen LogP contribution is -2.08. The summed E-state index contributed by atoms with van der Waals surface area (Å²) in [4.78, 5) is 15.9. The van der Waals surface area contributed by atoms with Gasteiger partial charge >= 0.3 is 5.97 Å². The van der Waals surface area contributed by atoms with Gasteiger partial charge in [-0.2, -0.15) is 0 Å². The van der Waals surface area contributed by atoms with E-state index in [4.69, 9.17) is 10.5 Å². The zero-order chi connectivity index (χ0) is 15.0. The number of fused-ring (bicyclic) bond motifs is 1. The molecule has 21 heavy (non-hydrogen) atoms. The van der Waals surface area contributed by atoms with Crippen LogP contribution in [-0.2, 0) is 4.74 Å². The maximum atomic E-state index is 11.7. The van der Waals surface area contributed by atoms with Gasteiger partial charge in [-0.25, -0.2) is 9.78 Å². The standard InChI is InChI=1S/C16H15N3O2/c1-10-18-14(16(20)21-2)15(17)19(10)13-9-5-7-11-6-3-4-8-12(11)13/h3-9H,17H2,1-2H3. The van der Waals surface area contributed by atoms with Crippen LogP contribution in [0.1, 0.15) is 16.3 Å². The first-order valence-electron chi connectivity index (χ1n) is 6.54. The smallest absolute Gasteiger partial charge is 0.360 e. The Morgan fingerprint density at radius 2 is 1.90 bits per heavy atom. The summed E-state index contributed by atoms with van der Waals surface area (Å²) >= 11 is 0. The highest BCUT2D eigenvalue weighted by atomic mass is 16.5. The van der Waals surface area contributed by atoms with Crippen LogP contribution in [-0.4, -0.2) is 22.6 Å². The van der Waals surface area contributed by atoms with E-state index in [1.54, 1.807) is 4.57 Å². The van der Waals surface area contributed by atoms with Crippen molar-refractivity contribution in [1.29, 1.82) is 0 Å². The molecule has 0 fully saturated rings. The normalized spacial score (nSPS) is 10.8. The predicted octanol–water partition coefficient (Wildman–Crippen LogP) is 2.70. The third kappa shape index (κ3) is 2.03. The number of aromatic nitrogens is 2. The SMILES string of the molecule is COC(=O)c1nc(C)n(-c2cccc3ccccc23)c1N. The molecule has 0 saturated carbocycles. The molecule has 3 aromatic rings. The molecule has 0 bridgehead atoms. The molecule has 0 aliphatic carbocycles. The Labute approximate surface area is 122 Å². The average Bonchev–Trinajstić information content (AvgIpc) is 2.81. The summed E-state index contributed by atoms with van der Waals surface area (Å²) in [5.74, 6) is 0.398. The highest BCUT2D eigenvalue weighted by Crippen LogP contribution is 2.27. The summed E-state index contributed by atoms with van der Waals surface area (Å²) in [6.07, 6.45) is 0. The largest absolute Gasteiger partial charge is 0.464 e. The van der Waals surface area contributed by atoms with Gasteiger partial charge in [0.25, 0.3) is 0 Å². The van der Waals surface area contributed by atoms with Crippen molar-refractivity contribution in [2.45, 2.75) is 6.92 Å². The summed E-state index contributed by atoms with van der Waals surface area (Å²) in [5, 5.41) is 2.14. The van der Waals surface area contributed by atoms with Gasteiger partial charge in [0.05, 0.1) is 12.8 Å². The number of carbonyl (C=O) groups excluding carboxylic acids is 1. The molecular weight excluding hydrogens is 266 g/mol. The number of imidazole rings is 1. The molecule has 1 aromatic heterocycles. The molecular formula is C16H15N3O2. The maximum Gasteiger partial charge on any atom is 0.360 e. The van der Waals surface area contributed by atoms with Crippen LogP contribution in [0.25, 0.3) is 16.5 Å². The lowest BCUT2D eigenvalue weighted by atomic mass is 10.1. The molecule has 5 nitrogen and oxygen atoms in total. The van der Waals surface area contributed by atoms with Crippen molar-refractivity contribution >= 4 is 22.6 Å². The fourth-order valence-electron chi connectivity index (χ4n) is 2.50. The summed E-state index contributed by atoms with van der Waals surface area (Å²) in [5.41, 5.74) is 7.14. The minimum Gasteiger partial charge on any atom is -0.464 e. The quantitative estimate of drug-likeness (QED) is 0.733. The fourth-order valence-corrected chi connectivity index (χ4v) is 2.50. The maximum absolute atomic E-state index is 11.7. The van der Waals surface area contributed by atoms with Crippen LogP contribution in [0.5, 0.6) is 0 Å². The van der Waals surface area contributed by atoms with Gasteiger partial charge in [-0.3, -0.25) is 4.57 Å². The molecule has 2 aromatic carbocycles. The average molecular weight is 281 g/mol. The number of rotatable bonds is 2. The Morgan fingerprint density at radius 1 is 1.19 bits per heavy atom. The Hall–Kier alpha value is -2.82. The third-order valence-electron chi connectivity index (χ3n) is 3.47. The minimum absolute atomic E-state index is 0.142. The van der Waals surface area contributed by atoms with E-state index in [-0.39, 0.29) is 11.5 Å². The first kappa shape index (κ1) is 13.2. The highest BCUT2D eigenvalue weighted by molar-refractivity contribution is 5.95. The van der Waals surface area contributed by atoms with Crippen molar-refractivity contribution in [2.24, 2.45) is 0 Å². The van der Waals surface area contributed by atoms with Crippen LogP contribution in [0.4, 0.5) is 5.82 Å². The lowest BCUT2D eigenvalue weighted by Gasteiger charge is -2.11. The topological polar surface area (TPSA) is 70.1 Å². The number of aryl methyl sites for hydroxylation is 1. The summed E-state index contributed by atoms with van der Waals surface area (Å²) in [6, 6.07) is 13.9. The van der Waals surface area contributed by atoms with E-state index >= 15 is 0 Å². The molecule has 0 unspecified atom stereocenters. The van der Waals surface area contributed by atoms with E-state index in [2.05, 4.69) is 4.98 Å². The molecule has 3 rings (SSSR count). The van der Waals surface area contributed by atoms with E-state index in [0.29, 0.717) is 5.82 Å². The predicted molar refractivity (Wildman–Crippen MR) is 81.6 cm³/mol. The van der Waals surface area contributed by atoms with Gasteiger partial charge in [0.1, 0.15) is 11.6 Å². The van der Waals surface area contributed by atoms with Crippen molar-refractivity contribution < 1.29 is 9.53 Å². The van der Waals surface area contributed by atoms with Crippen molar-refractivity contribution in [3.63, 3.8) is 0 Å². The highest BCUT2D eigenvalue weighted by Gasteiger charge is 2.20. The summed E-state index contributed by atoms with van der Waals surface area (Å²) in [7, 11) is 1.31. The van der Waals surface area contributed by atoms with Gasteiger partial charge < -0.3 is 10.5 Å². The van der Waals surface area contributed by atoms with Crippen LogP contribution in [0.2, 0.25) is 0 Å². The van der Waals surface area contributed by atoms with Gasteiger partial charge in [0.15, 0.2) is 5.69 Å². The van der Waals surface area contributed by atoms with Crippen molar-refractivity contribution in [1.82, 2.24) is 9.55 Å². The molecule has 0 aliphatic rings. The van der Waals surface area contributed by atoms with Gasteiger partial charge in [0, 0.05) is 5.39 Å². The molecule has 2 N–H and O–H groups in total. The third-order valence-corrected chi connectivity index (χ3v) is 3.47. The summed E-state index contributed by atoms with van der Waals surface area (Å²) < 4.78 is 6.49. The number of carbonyl (C=O) groups is 1. The number of nitrogens with zero attached hydrogens (tertiary/aromatic N) is 2. The number of esters is 1. The second-order valence-corrected chi connectivity index (χ2v) is 4.72. The Balaban J connectivity index is 2.29. The second-order valence-electron chi connectivity index (χ2n) is 4.72. The van der Waals surface area contributed by atoms with E-state index in [1.165, 1.54) is 7.11 Å². The Kier molecular flexibility index (Phi) is 3.10. The number of anilines is 1. The van der Waals surface area contributed by atoms with Gasteiger partial charge in [0.2, 0.25) is 0 Å². The molecule has 0 spiro atoms. The fraction of sp³-hybridized carbons (Fsp3) is 0.125. The Bertz CT molecular complexity index is 831. The molecule has 0 amide bonds. The van der Waals surface area contributed by atoms with Crippen molar-refractivity contribution in [3.8, 4) is 5.69 Å². The van der Waals surface area contributed by atoms with Crippen LogP contribution in [0.3, 0.4) is 0 Å². The minimum atomic E-state index is -0.533. The molecule has 0 atom stereocenters. The number of benzene rings is 2. The second kappa shape index (κ2) is 4.94. The number of methoxy groups -OCH3 is 1. The van der Waals surface area contributed by atoms with Crippen LogP contribution in [0.15, 0.2) is 42.5 Å². The molecule has 1 heterocycles. The number of nitrogen functional groups attached to an aromatic ring is 1. The molecule has 5 heteroatoms. The first-order valence-corrected chi connectivity index (χ1v) is 6.54. The summed E-state index contributed by atoms with van der Waals surface area (Å²) in [6.45, 7) is 1.81. The first-order chi connectivity index (χ1) is 10.1. The number of hydrogen-bond donors (Lipinski definition) is 1. The monoisotopic (exact) mass is 281 g/mol. The van der Waals surface area contributed by atoms with E-state index in [9.17, 15) is 4.79 Å². The lowest BCUT2D eigenvalue weighted by molar-refractivity contribution is 0.0596. The van der Waals surface area contributed by atoms with Crippen LogP contribution < -0.4 is 5.73 Å². The van der Waals surface area contributed by atoms with Crippen molar-refractivity contribution in [2.75, 3.05) is 12.8 Å². The zero-order valence-corrected chi connectivity index (χ0v) is 11.8. The zero-order valence-electron chi connectivity index (χ0n) is 11.8. The molecule has 106 valence electrons. The van der Waals surface area contributed by atoms with Gasteiger partial charge in [-0.05, 0) is 18.4 Å². The van der Waals surface area contributed by atoms with E-state index in [1.807, 2.05) is 49.4 Å². The van der Waals surface area contributed by atoms with E-state index < -0.39 is 5.97 Å². The Morgan fingerprint density at radius 3 is 2.67 bits per heavy atom. The van der Waals surface area contributed by atoms with Crippen LogP contribution in [0, 0.1) is 6.92 Å². The van der Waals surface area contributed by atoms with Gasteiger partial charge in [-0.15, -0.1) is 0 Å². The molecule has 0 saturated heterocycles. The number of ether oxygens (including phenoxy) is 1. The number of nitrogens with two attached hydrogens (primary N) is 1. The van der Waals surface area contributed by atoms with Crippen molar-refractivity contribution in [3.05, 3.63) is 54.0 Å². The number of hydrogen-bond acceptors (Lipinski definition) is 4.